The van der Waals surface area contributed by atoms with E-state index in [1.807, 2.05) is 0 Å². The van der Waals surface area contributed by atoms with Gasteiger partial charge in [-0.1, -0.05) is 0 Å². The summed E-state index contributed by atoms with van der Waals surface area (Å²) in [5, 5.41) is 13.5. The number of nitrogens with zero attached hydrogens (tertiary/aromatic N) is 1. The number of ether oxygens (including phenoxy) is 1. The van der Waals surface area contributed by atoms with E-state index in [0.29, 0.717) is 5.69 Å². The lowest BCUT2D eigenvalue weighted by atomic mass is 10.3. The summed E-state index contributed by atoms with van der Waals surface area (Å²) in [6.07, 6.45) is 1.99. The maximum atomic E-state index is 11.4. The summed E-state index contributed by atoms with van der Waals surface area (Å²) in [5.41, 5.74) is 0.522. The molecule has 0 aliphatic rings. The van der Waals surface area contributed by atoms with Crippen LogP contribution < -0.4 is 10.6 Å². The van der Waals surface area contributed by atoms with Crippen molar-refractivity contribution in [1.82, 2.24) is 10.3 Å². The number of pyridine rings is 1. The molecule has 1 aromatic heterocycles. The van der Waals surface area contributed by atoms with E-state index in [1.165, 1.54) is 13.3 Å². The topological polar surface area (TPSA) is 101 Å². The van der Waals surface area contributed by atoms with Gasteiger partial charge in [0.15, 0.2) is 6.10 Å². The molecule has 7 nitrogen and oxygen atoms in total. The van der Waals surface area contributed by atoms with Crippen LogP contribution in [0.5, 0.6) is 0 Å². The van der Waals surface area contributed by atoms with Gasteiger partial charge >= 0.3 is 12.0 Å². The fraction of sp³-hybridized carbons (Fsp3) is 0.300. The van der Waals surface area contributed by atoms with E-state index in [-0.39, 0.29) is 6.54 Å². The number of carbonyl (C=O) groups excluding carboxylic acids is 1. The molecule has 0 saturated heterocycles. The zero-order valence-electron chi connectivity index (χ0n) is 9.21. The van der Waals surface area contributed by atoms with Crippen molar-refractivity contribution in [3.63, 3.8) is 0 Å². The Kier molecular flexibility index (Phi) is 4.89. The Morgan fingerprint density at radius 2 is 2.35 bits per heavy atom. The average molecular weight is 239 g/mol. The fourth-order valence-electron chi connectivity index (χ4n) is 1.07. The van der Waals surface area contributed by atoms with Crippen LogP contribution >= 0.6 is 0 Å². The Bertz CT molecular complexity index is 382. The number of aromatic nitrogens is 1. The smallest absolute Gasteiger partial charge is 0.334 e. The summed E-state index contributed by atoms with van der Waals surface area (Å²) in [4.78, 5) is 25.8. The van der Waals surface area contributed by atoms with Crippen molar-refractivity contribution >= 4 is 17.7 Å². The van der Waals surface area contributed by atoms with Crippen LogP contribution in [0.25, 0.3) is 0 Å². The molecule has 0 fully saturated rings. The average Bonchev–Trinajstić information content (AvgIpc) is 2.30. The lowest BCUT2D eigenvalue weighted by Gasteiger charge is -2.12. The van der Waals surface area contributed by atoms with Gasteiger partial charge in [0.25, 0.3) is 0 Å². The van der Waals surface area contributed by atoms with Crippen LogP contribution in [0.4, 0.5) is 10.5 Å². The molecule has 0 aliphatic carbocycles. The Labute approximate surface area is 97.8 Å². The molecule has 1 atom stereocenters. The minimum Gasteiger partial charge on any atom is -0.479 e. The number of hydrogen-bond donors (Lipinski definition) is 3. The predicted octanol–water partition coefficient (Wildman–Crippen LogP) is 0.303. The number of carboxylic acid groups (broad SMARTS) is 1. The van der Waals surface area contributed by atoms with Gasteiger partial charge in [-0.3, -0.25) is 4.98 Å². The molecule has 17 heavy (non-hydrogen) atoms. The minimum absolute atomic E-state index is 0.113. The molecule has 1 unspecified atom stereocenters. The highest BCUT2D eigenvalue weighted by molar-refractivity contribution is 5.89. The normalized spacial score (nSPS) is 11.6. The summed E-state index contributed by atoms with van der Waals surface area (Å²) in [7, 11) is 1.26. The van der Waals surface area contributed by atoms with E-state index < -0.39 is 18.1 Å². The zero-order chi connectivity index (χ0) is 12.7. The van der Waals surface area contributed by atoms with Crippen molar-refractivity contribution in [2.24, 2.45) is 0 Å². The summed E-state index contributed by atoms with van der Waals surface area (Å²) in [6.45, 7) is -0.113. The van der Waals surface area contributed by atoms with Gasteiger partial charge in [0.05, 0.1) is 18.4 Å². The highest BCUT2D eigenvalue weighted by Gasteiger charge is 2.16. The molecule has 1 aromatic rings. The molecule has 1 rings (SSSR count). The number of anilines is 1. The first kappa shape index (κ1) is 12.9. The third-order valence-electron chi connectivity index (χ3n) is 1.93. The number of amides is 2. The molecule has 0 spiro atoms. The number of carbonyl (C=O) groups is 2. The van der Waals surface area contributed by atoms with Crippen molar-refractivity contribution in [1.29, 1.82) is 0 Å². The van der Waals surface area contributed by atoms with E-state index in [2.05, 4.69) is 20.4 Å². The summed E-state index contributed by atoms with van der Waals surface area (Å²) >= 11 is 0. The number of urea groups is 1. The van der Waals surface area contributed by atoms with E-state index in [1.54, 1.807) is 18.3 Å². The van der Waals surface area contributed by atoms with E-state index in [9.17, 15) is 9.59 Å². The van der Waals surface area contributed by atoms with Crippen LogP contribution in [0.1, 0.15) is 0 Å². The SMILES string of the molecule is COC(CNC(=O)Nc1cccnc1)C(=O)O. The summed E-state index contributed by atoms with van der Waals surface area (Å²) < 4.78 is 4.66. The van der Waals surface area contributed by atoms with Crippen LogP contribution in [0.2, 0.25) is 0 Å². The van der Waals surface area contributed by atoms with Gasteiger partial charge in [0.1, 0.15) is 0 Å². The van der Waals surface area contributed by atoms with E-state index in [4.69, 9.17) is 5.11 Å². The lowest BCUT2D eigenvalue weighted by molar-refractivity contribution is -0.147. The molecular weight excluding hydrogens is 226 g/mol. The van der Waals surface area contributed by atoms with Gasteiger partial charge in [-0.05, 0) is 12.1 Å². The molecular formula is C10H13N3O4. The molecule has 3 N–H and O–H groups in total. The number of aliphatic carboxylic acids is 1. The van der Waals surface area contributed by atoms with Gasteiger partial charge < -0.3 is 20.5 Å². The molecule has 0 bridgehead atoms. The molecule has 0 radical (unpaired) electrons. The zero-order valence-corrected chi connectivity index (χ0v) is 9.21. The molecule has 0 aliphatic heterocycles. The first-order chi connectivity index (χ1) is 8.13. The van der Waals surface area contributed by atoms with E-state index >= 15 is 0 Å². The van der Waals surface area contributed by atoms with Gasteiger partial charge in [0.2, 0.25) is 0 Å². The molecule has 7 heteroatoms. The first-order valence-corrected chi connectivity index (χ1v) is 4.84. The van der Waals surface area contributed by atoms with Crippen LogP contribution in [-0.2, 0) is 9.53 Å². The van der Waals surface area contributed by atoms with Crippen LogP contribution in [0, 0.1) is 0 Å². The third kappa shape index (κ3) is 4.47. The molecule has 0 saturated carbocycles. The quantitative estimate of drug-likeness (QED) is 0.686. The monoisotopic (exact) mass is 239 g/mol. The van der Waals surface area contributed by atoms with Gasteiger partial charge in [0, 0.05) is 13.3 Å². The van der Waals surface area contributed by atoms with Crippen LogP contribution in [-0.4, -0.2) is 41.8 Å². The summed E-state index contributed by atoms with van der Waals surface area (Å²) in [5.74, 6) is -1.13. The number of nitrogens with one attached hydrogen (secondary N) is 2. The minimum atomic E-state index is -1.13. The largest absolute Gasteiger partial charge is 0.479 e. The highest BCUT2D eigenvalue weighted by Crippen LogP contribution is 2.01. The molecule has 0 aromatic carbocycles. The van der Waals surface area contributed by atoms with Crippen molar-refractivity contribution in [2.45, 2.75) is 6.10 Å². The van der Waals surface area contributed by atoms with Crippen LogP contribution in [0.3, 0.4) is 0 Å². The first-order valence-electron chi connectivity index (χ1n) is 4.84. The molecule has 2 amide bonds. The van der Waals surface area contributed by atoms with Crippen LogP contribution in [0.15, 0.2) is 24.5 Å². The number of carboxylic acids is 1. The standard InChI is InChI=1S/C10H13N3O4/c1-17-8(9(14)15)6-12-10(16)13-7-3-2-4-11-5-7/h2-5,8H,6H2,1H3,(H,14,15)(H2,12,13,16). The third-order valence-corrected chi connectivity index (χ3v) is 1.93. The summed E-state index contributed by atoms with van der Waals surface area (Å²) in [6, 6.07) is 2.82. The second-order valence-corrected chi connectivity index (χ2v) is 3.14. The maximum Gasteiger partial charge on any atom is 0.334 e. The van der Waals surface area contributed by atoms with Crippen molar-refractivity contribution in [3.8, 4) is 0 Å². The van der Waals surface area contributed by atoms with Crippen molar-refractivity contribution in [3.05, 3.63) is 24.5 Å². The van der Waals surface area contributed by atoms with Crippen molar-refractivity contribution < 1.29 is 19.4 Å². The van der Waals surface area contributed by atoms with Crippen molar-refractivity contribution in [2.75, 3.05) is 19.0 Å². The molecule has 1 heterocycles. The predicted molar refractivity (Wildman–Crippen MR) is 59.7 cm³/mol. The number of rotatable bonds is 5. The van der Waals surface area contributed by atoms with E-state index in [0.717, 1.165) is 0 Å². The molecule has 92 valence electrons. The second-order valence-electron chi connectivity index (χ2n) is 3.14. The fourth-order valence-corrected chi connectivity index (χ4v) is 1.07. The Hall–Kier alpha value is -2.15. The number of methoxy groups -OCH3 is 1. The maximum absolute atomic E-state index is 11.4. The Balaban J connectivity index is 2.38. The highest BCUT2D eigenvalue weighted by atomic mass is 16.5. The lowest BCUT2D eigenvalue weighted by Crippen LogP contribution is -2.39. The Morgan fingerprint density at radius 1 is 1.59 bits per heavy atom. The number of hydrogen-bond acceptors (Lipinski definition) is 4. The second kappa shape index (κ2) is 6.44. The van der Waals surface area contributed by atoms with Gasteiger partial charge in [-0.15, -0.1) is 0 Å². The Morgan fingerprint density at radius 3 is 2.88 bits per heavy atom. The van der Waals surface area contributed by atoms with Gasteiger partial charge in [-0.2, -0.15) is 0 Å². The van der Waals surface area contributed by atoms with Gasteiger partial charge in [-0.25, -0.2) is 9.59 Å².